The predicted octanol–water partition coefficient (Wildman–Crippen LogP) is 3.39. The lowest BCUT2D eigenvalue weighted by Gasteiger charge is -2.15. The molecule has 3 N–H and O–H groups in total. The molecule has 0 fully saturated rings. The quantitative estimate of drug-likeness (QED) is 0.491. The molecule has 1 amide bonds. The van der Waals surface area contributed by atoms with Crippen LogP contribution in [0.3, 0.4) is 0 Å². The van der Waals surface area contributed by atoms with Gasteiger partial charge in [-0.05, 0) is 19.3 Å². The van der Waals surface area contributed by atoms with Gasteiger partial charge in [0.05, 0.1) is 5.75 Å². The van der Waals surface area contributed by atoms with Gasteiger partial charge in [0.1, 0.15) is 0 Å². The summed E-state index contributed by atoms with van der Waals surface area (Å²) in [4.78, 5) is 12.1. The predicted molar refractivity (Wildman–Crippen MR) is 107 cm³/mol. The first-order valence-electron chi connectivity index (χ1n) is 9.22. The second kappa shape index (κ2) is 10.2. The Balaban J connectivity index is 1.86. The van der Waals surface area contributed by atoms with Crippen molar-refractivity contribution in [2.45, 2.75) is 51.6 Å². The third kappa shape index (κ3) is 5.76. The van der Waals surface area contributed by atoms with Gasteiger partial charge in [-0.3, -0.25) is 4.79 Å². The molecule has 0 radical (unpaired) electrons. The number of thioether (sulfide) groups is 1. The van der Waals surface area contributed by atoms with Crippen LogP contribution in [0.5, 0.6) is 0 Å². The molecule has 1 aromatic heterocycles. The number of aryl methyl sites for hydroxylation is 1. The second-order valence-corrected chi connectivity index (χ2v) is 7.49. The zero-order valence-electron chi connectivity index (χ0n) is 15.9. The summed E-state index contributed by atoms with van der Waals surface area (Å²) < 4.78 is 1.44. The second-order valence-electron chi connectivity index (χ2n) is 6.55. The Morgan fingerprint density at radius 2 is 2.00 bits per heavy atom. The average molecular weight is 376 g/mol. The van der Waals surface area contributed by atoms with E-state index in [4.69, 9.17) is 5.84 Å². The minimum Gasteiger partial charge on any atom is -0.355 e. The summed E-state index contributed by atoms with van der Waals surface area (Å²) in [5.74, 6) is 7.53. The van der Waals surface area contributed by atoms with Gasteiger partial charge in [-0.15, -0.1) is 10.2 Å². The zero-order chi connectivity index (χ0) is 18.9. The number of nitrogen functional groups attached to an aromatic ring is 1. The maximum Gasteiger partial charge on any atom is 0.230 e. The third-order valence-corrected chi connectivity index (χ3v) is 5.38. The molecule has 0 aliphatic carbocycles. The van der Waals surface area contributed by atoms with Crippen LogP contribution in [0.25, 0.3) is 11.4 Å². The molecule has 7 heteroatoms. The molecule has 6 nitrogen and oxygen atoms in total. The summed E-state index contributed by atoms with van der Waals surface area (Å²) in [5, 5.41) is 11.8. The number of carbonyl (C=O) groups is 1. The van der Waals surface area contributed by atoms with Crippen molar-refractivity contribution in [3.63, 3.8) is 0 Å². The summed E-state index contributed by atoms with van der Waals surface area (Å²) in [6.07, 6.45) is 4.65. The van der Waals surface area contributed by atoms with E-state index in [9.17, 15) is 4.79 Å². The highest BCUT2D eigenvalue weighted by Crippen LogP contribution is 2.21. The van der Waals surface area contributed by atoms with E-state index in [0.717, 1.165) is 24.9 Å². The number of hydrogen-bond acceptors (Lipinski definition) is 5. The van der Waals surface area contributed by atoms with Crippen LogP contribution < -0.4 is 11.2 Å². The fourth-order valence-electron chi connectivity index (χ4n) is 2.66. The molecular weight excluding hydrogens is 346 g/mol. The Morgan fingerprint density at radius 1 is 1.27 bits per heavy atom. The van der Waals surface area contributed by atoms with Crippen molar-refractivity contribution in [3.05, 3.63) is 29.8 Å². The number of aromatic nitrogens is 3. The van der Waals surface area contributed by atoms with Crippen LogP contribution in [0.4, 0.5) is 0 Å². The maximum absolute atomic E-state index is 12.1. The molecule has 26 heavy (non-hydrogen) atoms. The molecule has 1 heterocycles. The van der Waals surface area contributed by atoms with Crippen molar-refractivity contribution in [2.75, 3.05) is 18.1 Å². The first kappa shape index (κ1) is 20.3. The van der Waals surface area contributed by atoms with Crippen LogP contribution in [0, 0.1) is 12.8 Å². The van der Waals surface area contributed by atoms with E-state index >= 15 is 0 Å². The number of hydrogen-bond donors (Lipinski definition) is 2. The maximum atomic E-state index is 12.1. The zero-order valence-corrected chi connectivity index (χ0v) is 16.7. The molecule has 0 spiro atoms. The number of carbonyl (C=O) groups excluding carboxylic acids is 1. The van der Waals surface area contributed by atoms with Gasteiger partial charge in [-0.25, -0.2) is 4.68 Å². The summed E-state index contributed by atoms with van der Waals surface area (Å²) in [6, 6.07) is 7.94. The van der Waals surface area contributed by atoms with Gasteiger partial charge in [0.15, 0.2) is 5.82 Å². The van der Waals surface area contributed by atoms with Crippen molar-refractivity contribution in [2.24, 2.45) is 5.92 Å². The van der Waals surface area contributed by atoms with Gasteiger partial charge in [-0.1, -0.05) is 74.7 Å². The van der Waals surface area contributed by atoms with Crippen molar-refractivity contribution in [1.29, 1.82) is 0 Å². The van der Waals surface area contributed by atoms with E-state index < -0.39 is 0 Å². The third-order valence-electron chi connectivity index (χ3n) is 4.44. The normalized spacial score (nSPS) is 12.1. The van der Waals surface area contributed by atoms with E-state index in [1.54, 1.807) is 0 Å². The van der Waals surface area contributed by atoms with E-state index in [1.165, 1.54) is 34.8 Å². The van der Waals surface area contributed by atoms with Crippen LogP contribution in [-0.4, -0.2) is 33.1 Å². The Kier molecular flexibility index (Phi) is 7.97. The van der Waals surface area contributed by atoms with E-state index in [-0.39, 0.29) is 11.7 Å². The van der Waals surface area contributed by atoms with Gasteiger partial charge in [-0.2, -0.15) is 0 Å². The Hall–Kier alpha value is -2.02. The Bertz CT molecular complexity index is 698. The van der Waals surface area contributed by atoms with Crippen LogP contribution >= 0.6 is 11.8 Å². The molecule has 0 saturated carbocycles. The van der Waals surface area contributed by atoms with Gasteiger partial charge >= 0.3 is 0 Å². The van der Waals surface area contributed by atoms with Crippen molar-refractivity contribution >= 4 is 17.7 Å². The fraction of sp³-hybridized carbons (Fsp3) is 0.526. The molecule has 0 saturated heterocycles. The molecule has 142 valence electrons. The summed E-state index contributed by atoms with van der Waals surface area (Å²) in [5.41, 5.74) is 2.08. The molecule has 0 aliphatic heterocycles. The lowest BCUT2D eigenvalue weighted by Crippen LogP contribution is -2.30. The fourth-order valence-corrected chi connectivity index (χ4v) is 3.34. The molecule has 1 atom stereocenters. The number of nitrogens with one attached hydrogen (secondary N) is 1. The lowest BCUT2D eigenvalue weighted by atomic mass is 9.99. The standard InChI is InChI=1S/C19H29N5OS/c1-4-6-7-15(5-2)12-21-17(25)13-26-19-23-22-18(24(19)20)16-10-8-14(3)9-11-16/h8-11,15H,4-7,12-13,20H2,1-3H3,(H,21,25)/t15-/m0/s1. The molecule has 2 rings (SSSR count). The number of amides is 1. The van der Waals surface area contributed by atoms with Crippen LogP contribution in [0.2, 0.25) is 0 Å². The summed E-state index contributed by atoms with van der Waals surface area (Å²) in [7, 11) is 0. The van der Waals surface area contributed by atoms with E-state index in [2.05, 4.69) is 29.4 Å². The largest absolute Gasteiger partial charge is 0.355 e. The number of unbranched alkanes of at least 4 members (excludes halogenated alkanes) is 1. The van der Waals surface area contributed by atoms with Gasteiger partial charge in [0, 0.05) is 12.1 Å². The average Bonchev–Trinajstić information content (AvgIpc) is 3.01. The molecule has 2 aromatic rings. The van der Waals surface area contributed by atoms with Crippen LogP contribution in [0.1, 0.15) is 45.1 Å². The van der Waals surface area contributed by atoms with E-state index in [0.29, 0.717) is 16.9 Å². The monoisotopic (exact) mass is 375 g/mol. The minimum absolute atomic E-state index is 0.00448. The Morgan fingerprint density at radius 3 is 2.65 bits per heavy atom. The molecule has 0 bridgehead atoms. The molecule has 0 unspecified atom stereocenters. The molecule has 0 aliphatic rings. The highest BCUT2D eigenvalue weighted by Gasteiger charge is 2.14. The van der Waals surface area contributed by atoms with Crippen molar-refractivity contribution in [3.8, 4) is 11.4 Å². The number of nitrogens with two attached hydrogens (primary N) is 1. The summed E-state index contributed by atoms with van der Waals surface area (Å²) >= 11 is 1.30. The highest BCUT2D eigenvalue weighted by molar-refractivity contribution is 7.99. The van der Waals surface area contributed by atoms with Gasteiger partial charge in [0.25, 0.3) is 0 Å². The topological polar surface area (TPSA) is 85.8 Å². The van der Waals surface area contributed by atoms with Crippen molar-refractivity contribution in [1.82, 2.24) is 20.2 Å². The number of nitrogens with zero attached hydrogens (tertiary/aromatic N) is 3. The van der Waals surface area contributed by atoms with Gasteiger partial charge in [0.2, 0.25) is 11.1 Å². The summed E-state index contributed by atoms with van der Waals surface area (Å²) in [6.45, 7) is 7.13. The molecule has 1 aromatic carbocycles. The lowest BCUT2D eigenvalue weighted by molar-refractivity contribution is -0.118. The number of benzene rings is 1. The first-order valence-corrected chi connectivity index (χ1v) is 10.2. The van der Waals surface area contributed by atoms with Gasteiger partial charge < -0.3 is 11.2 Å². The van der Waals surface area contributed by atoms with Crippen molar-refractivity contribution < 1.29 is 4.79 Å². The SMILES string of the molecule is CCCC[C@H](CC)CNC(=O)CSc1nnc(-c2ccc(C)cc2)n1N. The first-order chi connectivity index (χ1) is 12.5. The molecular formula is C19H29N5OS. The minimum atomic E-state index is 0.00448. The highest BCUT2D eigenvalue weighted by atomic mass is 32.2. The van der Waals surface area contributed by atoms with E-state index in [1.807, 2.05) is 31.2 Å². The smallest absolute Gasteiger partial charge is 0.230 e. The van der Waals surface area contributed by atoms with Crippen LogP contribution in [-0.2, 0) is 4.79 Å². The Labute approximate surface area is 159 Å². The van der Waals surface area contributed by atoms with Crippen LogP contribution in [0.15, 0.2) is 29.4 Å². The number of rotatable bonds is 10.